The first-order valence-corrected chi connectivity index (χ1v) is 6.17. The maximum Gasteiger partial charge on any atom is 0.323 e. The van der Waals surface area contributed by atoms with Crippen LogP contribution in [0.3, 0.4) is 0 Å². The molecule has 0 heterocycles. The van der Waals surface area contributed by atoms with Gasteiger partial charge in [-0.15, -0.1) is 0 Å². The number of allylic oxidation sites excluding steroid dienone is 1. The predicted octanol–water partition coefficient (Wildman–Crippen LogP) is 2.80. The third kappa shape index (κ3) is 3.80. The molecule has 0 spiro atoms. The first kappa shape index (κ1) is 12.5. The molecule has 1 aliphatic rings. The van der Waals surface area contributed by atoms with E-state index < -0.39 is 0 Å². The maximum atomic E-state index is 11.5. The molecular weight excluding hydrogens is 226 g/mol. The molecule has 4 heteroatoms. The highest BCUT2D eigenvalue weighted by atomic mass is 16.2. The van der Waals surface area contributed by atoms with Gasteiger partial charge in [-0.25, -0.2) is 4.79 Å². The van der Waals surface area contributed by atoms with Gasteiger partial charge in [-0.1, -0.05) is 6.08 Å². The van der Waals surface area contributed by atoms with Crippen molar-refractivity contribution in [2.24, 2.45) is 5.92 Å². The van der Waals surface area contributed by atoms with Crippen LogP contribution in [0.25, 0.3) is 0 Å². The Morgan fingerprint density at radius 1 is 1.28 bits per heavy atom. The van der Waals surface area contributed by atoms with E-state index in [4.69, 9.17) is 0 Å². The molecular formula is C14H19N3O. The van der Waals surface area contributed by atoms with E-state index in [2.05, 4.69) is 10.6 Å². The molecule has 1 aromatic rings. The number of carbonyl (C=O) groups is 1. The van der Waals surface area contributed by atoms with Crippen molar-refractivity contribution in [3.63, 3.8) is 0 Å². The van der Waals surface area contributed by atoms with Crippen molar-refractivity contribution >= 4 is 17.4 Å². The molecule has 0 bridgehead atoms. The topological polar surface area (TPSA) is 44.4 Å². The van der Waals surface area contributed by atoms with Crippen LogP contribution in [0.1, 0.15) is 12.8 Å². The molecule has 0 unspecified atom stereocenters. The second-order valence-corrected chi connectivity index (χ2v) is 4.74. The lowest BCUT2D eigenvalue weighted by atomic mass is 10.2. The van der Waals surface area contributed by atoms with Crippen molar-refractivity contribution in [3.8, 4) is 0 Å². The first-order valence-electron chi connectivity index (χ1n) is 6.17. The van der Waals surface area contributed by atoms with E-state index in [1.54, 1.807) is 6.20 Å². The molecule has 1 aromatic carbocycles. The van der Waals surface area contributed by atoms with Crippen LogP contribution in [0.15, 0.2) is 36.5 Å². The Kier molecular flexibility index (Phi) is 3.87. The second kappa shape index (κ2) is 5.58. The Balaban J connectivity index is 1.82. The third-order valence-electron chi connectivity index (χ3n) is 2.85. The van der Waals surface area contributed by atoms with Gasteiger partial charge in [0, 0.05) is 31.7 Å². The Labute approximate surface area is 108 Å². The van der Waals surface area contributed by atoms with Gasteiger partial charge in [0.2, 0.25) is 0 Å². The van der Waals surface area contributed by atoms with Gasteiger partial charge in [0.15, 0.2) is 0 Å². The molecule has 18 heavy (non-hydrogen) atoms. The van der Waals surface area contributed by atoms with Crippen LogP contribution in [0.5, 0.6) is 0 Å². The van der Waals surface area contributed by atoms with Crippen LogP contribution < -0.4 is 15.5 Å². The van der Waals surface area contributed by atoms with Crippen molar-refractivity contribution in [1.29, 1.82) is 0 Å². The molecule has 96 valence electrons. The van der Waals surface area contributed by atoms with Gasteiger partial charge in [-0.3, -0.25) is 0 Å². The summed E-state index contributed by atoms with van der Waals surface area (Å²) in [7, 11) is 3.97. The molecule has 0 radical (unpaired) electrons. The number of benzene rings is 1. The van der Waals surface area contributed by atoms with E-state index in [0.717, 1.165) is 11.4 Å². The normalized spacial score (nSPS) is 14.6. The number of carbonyl (C=O) groups excluding carboxylic acids is 1. The summed E-state index contributed by atoms with van der Waals surface area (Å²) in [6, 6.07) is 7.51. The third-order valence-corrected chi connectivity index (χ3v) is 2.85. The Morgan fingerprint density at radius 2 is 1.94 bits per heavy atom. The van der Waals surface area contributed by atoms with Gasteiger partial charge in [0.05, 0.1) is 0 Å². The molecule has 2 rings (SSSR count). The Hall–Kier alpha value is -1.97. The van der Waals surface area contributed by atoms with Gasteiger partial charge in [-0.2, -0.15) is 0 Å². The van der Waals surface area contributed by atoms with Crippen LogP contribution >= 0.6 is 0 Å². The van der Waals surface area contributed by atoms with E-state index in [0.29, 0.717) is 5.92 Å². The maximum absolute atomic E-state index is 11.5. The highest BCUT2D eigenvalue weighted by Gasteiger charge is 2.16. The van der Waals surface area contributed by atoms with E-state index in [1.165, 1.54) is 12.8 Å². The summed E-state index contributed by atoms with van der Waals surface area (Å²) >= 11 is 0. The van der Waals surface area contributed by atoms with Crippen LogP contribution in [-0.4, -0.2) is 20.1 Å². The fourth-order valence-corrected chi connectivity index (χ4v) is 1.56. The van der Waals surface area contributed by atoms with E-state index in [9.17, 15) is 4.79 Å². The molecule has 4 nitrogen and oxygen atoms in total. The molecule has 2 N–H and O–H groups in total. The first-order chi connectivity index (χ1) is 8.65. The lowest BCUT2D eigenvalue weighted by Gasteiger charge is -2.12. The van der Waals surface area contributed by atoms with Crippen molar-refractivity contribution in [3.05, 3.63) is 36.5 Å². The van der Waals surface area contributed by atoms with Gasteiger partial charge >= 0.3 is 6.03 Å². The van der Waals surface area contributed by atoms with Gasteiger partial charge < -0.3 is 15.5 Å². The minimum atomic E-state index is -0.204. The Morgan fingerprint density at radius 3 is 2.50 bits per heavy atom. The average molecular weight is 245 g/mol. The summed E-state index contributed by atoms with van der Waals surface area (Å²) in [6.45, 7) is 0. The lowest BCUT2D eigenvalue weighted by Crippen LogP contribution is -2.23. The molecule has 1 aliphatic carbocycles. The zero-order chi connectivity index (χ0) is 13.0. The second-order valence-electron chi connectivity index (χ2n) is 4.74. The SMILES string of the molecule is CN(C)c1ccc(NC(=O)N/C=C/C2CC2)cc1. The standard InChI is InChI=1S/C14H19N3O/c1-17(2)13-7-5-12(6-8-13)16-14(18)15-10-9-11-3-4-11/h5-11H,3-4H2,1-2H3,(H2,15,16,18)/b10-9+. The molecule has 0 atom stereocenters. The molecule has 1 saturated carbocycles. The quantitative estimate of drug-likeness (QED) is 0.856. The van der Waals surface area contributed by atoms with Crippen molar-refractivity contribution in [2.45, 2.75) is 12.8 Å². The van der Waals surface area contributed by atoms with Crippen molar-refractivity contribution in [1.82, 2.24) is 5.32 Å². The van der Waals surface area contributed by atoms with Crippen LogP contribution in [-0.2, 0) is 0 Å². The number of hydrogen-bond acceptors (Lipinski definition) is 2. The zero-order valence-electron chi connectivity index (χ0n) is 10.8. The summed E-state index contributed by atoms with van der Waals surface area (Å²) in [5.74, 6) is 0.671. The summed E-state index contributed by atoms with van der Waals surface area (Å²) in [5, 5.41) is 5.48. The summed E-state index contributed by atoms with van der Waals surface area (Å²) in [6.07, 6.45) is 6.24. The van der Waals surface area contributed by atoms with Gasteiger partial charge in [0.1, 0.15) is 0 Å². The lowest BCUT2D eigenvalue weighted by molar-refractivity contribution is 0.255. The minimum Gasteiger partial charge on any atom is -0.378 e. The number of nitrogens with one attached hydrogen (secondary N) is 2. The molecule has 1 fully saturated rings. The monoisotopic (exact) mass is 245 g/mol. The largest absolute Gasteiger partial charge is 0.378 e. The highest BCUT2D eigenvalue weighted by molar-refractivity contribution is 5.90. The number of nitrogens with zero attached hydrogens (tertiary/aromatic N) is 1. The highest BCUT2D eigenvalue weighted by Crippen LogP contribution is 2.29. The van der Waals surface area contributed by atoms with Crippen LogP contribution in [0.4, 0.5) is 16.2 Å². The average Bonchev–Trinajstić information content (AvgIpc) is 3.13. The summed E-state index contributed by atoms with van der Waals surface area (Å²) in [5.41, 5.74) is 1.90. The molecule has 0 aliphatic heterocycles. The molecule has 2 amide bonds. The fraction of sp³-hybridized carbons (Fsp3) is 0.357. The van der Waals surface area contributed by atoms with Gasteiger partial charge in [-0.05, 0) is 43.0 Å². The van der Waals surface area contributed by atoms with Crippen molar-refractivity contribution < 1.29 is 4.79 Å². The number of urea groups is 1. The van der Waals surface area contributed by atoms with E-state index >= 15 is 0 Å². The number of anilines is 2. The predicted molar refractivity (Wildman–Crippen MR) is 74.8 cm³/mol. The van der Waals surface area contributed by atoms with Gasteiger partial charge in [0.25, 0.3) is 0 Å². The smallest absolute Gasteiger partial charge is 0.323 e. The van der Waals surface area contributed by atoms with Crippen LogP contribution in [0, 0.1) is 5.92 Å². The van der Waals surface area contributed by atoms with Crippen molar-refractivity contribution in [2.75, 3.05) is 24.3 Å². The number of amides is 2. The van der Waals surface area contributed by atoms with E-state index in [-0.39, 0.29) is 6.03 Å². The molecule has 0 aromatic heterocycles. The number of hydrogen-bond donors (Lipinski definition) is 2. The van der Waals surface area contributed by atoms with Crippen LogP contribution in [0.2, 0.25) is 0 Å². The number of rotatable bonds is 4. The zero-order valence-corrected chi connectivity index (χ0v) is 10.8. The minimum absolute atomic E-state index is 0.204. The summed E-state index contributed by atoms with van der Waals surface area (Å²) < 4.78 is 0. The van der Waals surface area contributed by atoms with E-state index in [1.807, 2.05) is 49.3 Å². The fourth-order valence-electron chi connectivity index (χ4n) is 1.56. The Bertz CT molecular complexity index is 433. The summed E-state index contributed by atoms with van der Waals surface area (Å²) in [4.78, 5) is 13.6. The molecule has 0 saturated heterocycles.